The normalized spacial score (nSPS) is 10.8. The summed E-state index contributed by atoms with van der Waals surface area (Å²) in [5.41, 5.74) is 1.02. The summed E-state index contributed by atoms with van der Waals surface area (Å²) < 4.78 is 35.1. The van der Waals surface area contributed by atoms with E-state index >= 15 is 0 Å². The fourth-order valence-corrected chi connectivity index (χ4v) is 3.10. The van der Waals surface area contributed by atoms with Gasteiger partial charge in [0, 0.05) is 5.56 Å². The lowest BCUT2D eigenvalue weighted by atomic mass is 10.1. The van der Waals surface area contributed by atoms with E-state index in [4.69, 9.17) is 18.6 Å². The zero-order valence-electron chi connectivity index (χ0n) is 16.5. The Hall–Kier alpha value is -3.80. The maximum atomic E-state index is 13.7. The van der Waals surface area contributed by atoms with E-state index in [0.29, 0.717) is 34.5 Å². The Bertz CT molecular complexity index is 1240. The van der Waals surface area contributed by atoms with Gasteiger partial charge in [0.15, 0.2) is 11.6 Å². The molecule has 0 saturated heterocycles. The summed E-state index contributed by atoms with van der Waals surface area (Å²) in [7, 11) is 3.00. The quantitative estimate of drug-likeness (QED) is 0.441. The first-order chi connectivity index (χ1) is 14.6. The van der Waals surface area contributed by atoms with E-state index in [1.165, 1.54) is 25.3 Å². The zero-order valence-corrected chi connectivity index (χ0v) is 16.5. The van der Waals surface area contributed by atoms with E-state index < -0.39 is 11.4 Å². The Balaban J connectivity index is 1.60. The molecular weight excluding hydrogens is 387 g/mol. The molecule has 5 nitrogen and oxygen atoms in total. The highest BCUT2D eigenvalue weighted by molar-refractivity contribution is 5.85. The third-order valence-electron chi connectivity index (χ3n) is 4.73. The topological polar surface area (TPSA) is 57.9 Å². The molecule has 6 heteroatoms. The summed E-state index contributed by atoms with van der Waals surface area (Å²) in [5, 5.41) is 1.10. The highest BCUT2D eigenvalue weighted by Crippen LogP contribution is 2.28. The molecule has 0 amide bonds. The fourth-order valence-electron chi connectivity index (χ4n) is 3.10. The van der Waals surface area contributed by atoms with Gasteiger partial charge < -0.3 is 18.6 Å². The Kier molecular flexibility index (Phi) is 5.39. The van der Waals surface area contributed by atoms with Gasteiger partial charge in [0.1, 0.15) is 23.9 Å². The molecule has 0 atom stereocenters. The molecule has 30 heavy (non-hydrogen) atoms. The number of benzene rings is 3. The third kappa shape index (κ3) is 3.98. The number of methoxy groups -OCH3 is 2. The maximum Gasteiger partial charge on any atom is 0.344 e. The molecule has 4 rings (SSSR count). The summed E-state index contributed by atoms with van der Waals surface area (Å²) in [5.74, 6) is 1.26. The molecule has 0 aliphatic rings. The van der Waals surface area contributed by atoms with E-state index in [9.17, 15) is 9.18 Å². The largest absolute Gasteiger partial charge is 0.497 e. The molecule has 0 aliphatic heterocycles. The van der Waals surface area contributed by atoms with Crippen LogP contribution in [0, 0.1) is 5.82 Å². The van der Waals surface area contributed by atoms with Crippen molar-refractivity contribution < 1.29 is 23.0 Å². The molecule has 0 aliphatic carbocycles. The molecule has 152 valence electrons. The van der Waals surface area contributed by atoms with Gasteiger partial charge in [0.2, 0.25) is 0 Å². The third-order valence-corrected chi connectivity index (χ3v) is 4.73. The number of rotatable bonds is 6. The molecule has 1 aromatic heterocycles. The second kappa shape index (κ2) is 8.29. The van der Waals surface area contributed by atoms with Crippen LogP contribution < -0.4 is 19.8 Å². The first-order valence-corrected chi connectivity index (χ1v) is 9.25. The van der Waals surface area contributed by atoms with Crippen LogP contribution in [0.5, 0.6) is 17.2 Å². The molecule has 0 N–H and O–H groups in total. The lowest BCUT2D eigenvalue weighted by Crippen LogP contribution is -2.02. The highest BCUT2D eigenvalue weighted by atomic mass is 19.1. The van der Waals surface area contributed by atoms with Crippen molar-refractivity contribution >= 4 is 10.8 Å². The molecule has 0 fully saturated rings. The summed E-state index contributed by atoms with van der Waals surface area (Å²) in [4.78, 5) is 12.5. The molecular formula is C24H19FO5. The Labute approximate surface area is 172 Å². The molecule has 1 heterocycles. The smallest absolute Gasteiger partial charge is 0.344 e. The van der Waals surface area contributed by atoms with Crippen LogP contribution in [0.2, 0.25) is 0 Å². The standard InChI is InChI=1S/C24H19FO5/c1-27-18-7-3-15(4-8-18)14-29-19-9-5-16-11-22(30-24(26)20(16)13-19)17-6-10-21(25)23(12-17)28-2/h3-13H,14H2,1-2H3. The van der Waals surface area contributed by atoms with Gasteiger partial charge in [-0.3, -0.25) is 0 Å². The van der Waals surface area contributed by atoms with E-state index in [1.54, 1.807) is 31.4 Å². The van der Waals surface area contributed by atoms with Crippen LogP contribution in [-0.2, 0) is 6.61 Å². The van der Waals surface area contributed by atoms with Gasteiger partial charge in [-0.25, -0.2) is 9.18 Å². The molecule has 0 saturated carbocycles. The monoisotopic (exact) mass is 406 g/mol. The van der Waals surface area contributed by atoms with Crippen molar-refractivity contribution in [3.8, 4) is 28.6 Å². The summed E-state index contributed by atoms with van der Waals surface area (Å²) in [6.07, 6.45) is 0. The van der Waals surface area contributed by atoms with Gasteiger partial charge in [-0.15, -0.1) is 0 Å². The lowest BCUT2D eigenvalue weighted by Gasteiger charge is -2.09. The van der Waals surface area contributed by atoms with Crippen LogP contribution in [0.4, 0.5) is 4.39 Å². The average molecular weight is 406 g/mol. The van der Waals surface area contributed by atoms with Gasteiger partial charge in [-0.2, -0.15) is 0 Å². The second-order valence-electron chi connectivity index (χ2n) is 6.63. The first kappa shape index (κ1) is 19.5. The molecule has 0 unspecified atom stereocenters. The van der Waals surface area contributed by atoms with Crippen LogP contribution in [0.15, 0.2) is 75.9 Å². The Morgan fingerprint density at radius 2 is 1.63 bits per heavy atom. The molecule has 4 aromatic rings. The predicted octanol–water partition coefficient (Wildman–Crippen LogP) is 5.20. The summed E-state index contributed by atoms with van der Waals surface area (Å²) in [6.45, 7) is 0.355. The van der Waals surface area contributed by atoms with E-state index in [2.05, 4.69) is 0 Å². The summed E-state index contributed by atoms with van der Waals surface area (Å²) >= 11 is 0. The van der Waals surface area contributed by atoms with Gasteiger partial charge in [-0.1, -0.05) is 18.2 Å². The number of ether oxygens (including phenoxy) is 3. The molecule has 0 bridgehead atoms. The van der Waals surface area contributed by atoms with Crippen molar-refractivity contribution in [3.05, 3.63) is 88.5 Å². The van der Waals surface area contributed by atoms with Crippen molar-refractivity contribution in [1.82, 2.24) is 0 Å². The van der Waals surface area contributed by atoms with Crippen LogP contribution >= 0.6 is 0 Å². The van der Waals surface area contributed by atoms with Crippen LogP contribution in [0.3, 0.4) is 0 Å². The predicted molar refractivity (Wildman–Crippen MR) is 112 cm³/mol. The van der Waals surface area contributed by atoms with Gasteiger partial charge in [0.05, 0.1) is 19.6 Å². The number of halogens is 1. The maximum absolute atomic E-state index is 13.7. The van der Waals surface area contributed by atoms with Crippen LogP contribution in [-0.4, -0.2) is 14.2 Å². The lowest BCUT2D eigenvalue weighted by molar-refractivity contribution is 0.306. The molecule has 0 spiro atoms. The molecule has 3 aromatic carbocycles. The van der Waals surface area contributed by atoms with Crippen molar-refractivity contribution in [1.29, 1.82) is 0 Å². The van der Waals surface area contributed by atoms with Crippen molar-refractivity contribution in [3.63, 3.8) is 0 Å². The number of fused-ring (bicyclic) bond motifs is 1. The first-order valence-electron chi connectivity index (χ1n) is 9.25. The Morgan fingerprint density at radius 1 is 0.867 bits per heavy atom. The number of hydrogen-bond acceptors (Lipinski definition) is 5. The minimum Gasteiger partial charge on any atom is -0.497 e. The minimum atomic E-state index is -0.499. The minimum absolute atomic E-state index is 0.0810. The Morgan fingerprint density at radius 3 is 2.37 bits per heavy atom. The van der Waals surface area contributed by atoms with E-state index in [-0.39, 0.29) is 5.75 Å². The van der Waals surface area contributed by atoms with Gasteiger partial charge in [-0.05, 0) is 59.5 Å². The van der Waals surface area contributed by atoms with Crippen molar-refractivity contribution in [2.45, 2.75) is 6.61 Å². The fraction of sp³-hybridized carbons (Fsp3) is 0.125. The van der Waals surface area contributed by atoms with Crippen molar-refractivity contribution in [2.75, 3.05) is 14.2 Å². The highest BCUT2D eigenvalue weighted by Gasteiger charge is 2.11. The second-order valence-corrected chi connectivity index (χ2v) is 6.63. The zero-order chi connectivity index (χ0) is 21.1. The SMILES string of the molecule is COc1ccc(COc2ccc3cc(-c4ccc(F)c(OC)c4)oc(=O)c3c2)cc1. The van der Waals surface area contributed by atoms with E-state index in [0.717, 1.165) is 11.3 Å². The van der Waals surface area contributed by atoms with Crippen LogP contribution in [0.1, 0.15) is 5.56 Å². The number of hydrogen-bond donors (Lipinski definition) is 0. The van der Waals surface area contributed by atoms with Crippen molar-refractivity contribution in [2.24, 2.45) is 0 Å². The summed E-state index contributed by atoms with van der Waals surface area (Å²) in [6, 6.07) is 18.8. The van der Waals surface area contributed by atoms with E-state index in [1.807, 2.05) is 24.3 Å². The molecule has 0 radical (unpaired) electrons. The van der Waals surface area contributed by atoms with Crippen LogP contribution in [0.25, 0.3) is 22.1 Å². The van der Waals surface area contributed by atoms with Gasteiger partial charge >= 0.3 is 5.63 Å². The average Bonchev–Trinajstić information content (AvgIpc) is 2.78. The van der Waals surface area contributed by atoms with Gasteiger partial charge in [0.25, 0.3) is 0 Å².